The number of carbonyl (C=O) groups excluding carboxylic acids is 1. The zero-order chi connectivity index (χ0) is 26.1. The maximum atomic E-state index is 13.9. The van der Waals surface area contributed by atoms with Crippen LogP contribution in [-0.4, -0.2) is 43.8 Å². The minimum atomic E-state index is -0.166. The zero-order valence-electron chi connectivity index (χ0n) is 21.3. The second kappa shape index (κ2) is 10.9. The molecule has 0 atom stereocenters. The molecule has 0 unspecified atom stereocenters. The Hall–Kier alpha value is -2.75. The lowest BCUT2D eigenvalue weighted by molar-refractivity contribution is -0.129. The number of nitrogens with zero attached hydrogens (tertiary/aromatic N) is 4. The summed E-state index contributed by atoms with van der Waals surface area (Å²) in [5.41, 5.74) is 4.20. The first-order chi connectivity index (χ1) is 17.9. The third-order valence-electron chi connectivity index (χ3n) is 7.00. The molecule has 4 aromatic rings. The van der Waals surface area contributed by atoms with E-state index in [0.29, 0.717) is 25.4 Å². The van der Waals surface area contributed by atoms with Gasteiger partial charge in [-0.25, -0.2) is 4.98 Å². The molecule has 0 bridgehead atoms. The predicted molar refractivity (Wildman–Crippen MR) is 155 cm³/mol. The molecule has 0 spiro atoms. The fourth-order valence-corrected chi connectivity index (χ4v) is 6.85. The van der Waals surface area contributed by atoms with E-state index in [4.69, 9.17) is 17.2 Å². The van der Waals surface area contributed by atoms with E-state index in [-0.39, 0.29) is 17.2 Å². The van der Waals surface area contributed by atoms with Crippen LogP contribution >= 0.6 is 35.3 Å². The highest BCUT2D eigenvalue weighted by Crippen LogP contribution is 2.29. The Morgan fingerprint density at radius 1 is 1.11 bits per heavy atom. The van der Waals surface area contributed by atoms with Gasteiger partial charge in [0.15, 0.2) is 14.8 Å². The van der Waals surface area contributed by atoms with Crippen LogP contribution in [0.2, 0.25) is 0 Å². The molecule has 6 nitrogen and oxygen atoms in total. The summed E-state index contributed by atoms with van der Waals surface area (Å²) in [6.07, 6.45) is 3.00. The van der Waals surface area contributed by atoms with Crippen LogP contribution in [0.25, 0.3) is 21.7 Å². The van der Waals surface area contributed by atoms with Gasteiger partial charge in [0.25, 0.3) is 5.56 Å². The van der Waals surface area contributed by atoms with Crippen molar-refractivity contribution in [2.45, 2.75) is 45.2 Å². The van der Waals surface area contributed by atoms with E-state index >= 15 is 0 Å². The average molecular weight is 551 g/mol. The highest BCUT2D eigenvalue weighted by Gasteiger charge is 2.23. The molecule has 192 valence electrons. The number of rotatable bonds is 6. The van der Waals surface area contributed by atoms with Gasteiger partial charge in [-0.05, 0) is 73.6 Å². The number of amides is 1. The first kappa shape index (κ1) is 25.9. The van der Waals surface area contributed by atoms with Crippen molar-refractivity contribution in [1.82, 2.24) is 19.0 Å². The molecule has 1 fully saturated rings. The van der Waals surface area contributed by atoms with E-state index in [9.17, 15) is 9.59 Å². The smallest absolute Gasteiger partial charge is 0.278 e. The third kappa shape index (κ3) is 5.17. The first-order valence-electron chi connectivity index (χ1n) is 12.6. The Morgan fingerprint density at radius 2 is 1.81 bits per heavy atom. The molecule has 3 heterocycles. The number of thiazole rings is 1. The van der Waals surface area contributed by atoms with Gasteiger partial charge < -0.3 is 4.90 Å². The number of piperidine rings is 1. The van der Waals surface area contributed by atoms with Crippen molar-refractivity contribution in [2.24, 2.45) is 5.92 Å². The van der Waals surface area contributed by atoms with Crippen LogP contribution in [0.1, 0.15) is 37.8 Å². The molecule has 1 aliphatic rings. The molecule has 1 aliphatic heterocycles. The third-order valence-corrected chi connectivity index (χ3v) is 9.27. The van der Waals surface area contributed by atoms with Gasteiger partial charge in [0.1, 0.15) is 4.70 Å². The molecule has 0 saturated carbocycles. The summed E-state index contributed by atoms with van der Waals surface area (Å²) >= 11 is 8.31. The largest absolute Gasteiger partial charge is 0.342 e. The Labute approximate surface area is 230 Å². The van der Waals surface area contributed by atoms with Gasteiger partial charge in [-0.15, -0.1) is 0 Å². The van der Waals surface area contributed by atoms with Crippen molar-refractivity contribution in [2.75, 3.05) is 18.8 Å². The zero-order valence-corrected chi connectivity index (χ0v) is 23.7. The van der Waals surface area contributed by atoms with Crippen LogP contribution in [0.3, 0.4) is 0 Å². The molecular formula is C28H30N4O2S3. The number of likely N-dealkylation sites (tertiary alicyclic amines) is 1. The topological polar surface area (TPSA) is 60.1 Å². The van der Waals surface area contributed by atoms with Crippen LogP contribution in [0.15, 0.2) is 58.5 Å². The summed E-state index contributed by atoms with van der Waals surface area (Å²) in [7, 11) is 0. The molecule has 2 aromatic carbocycles. The number of thioether (sulfide) groups is 1. The lowest BCUT2D eigenvalue weighted by Gasteiger charge is -2.30. The number of benzene rings is 2. The van der Waals surface area contributed by atoms with Gasteiger partial charge in [-0.1, -0.05) is 67.3 Å². The molecular weight excluding hydrogens is 521 g/mol. The van der Waals surface area contributed by atoms with Gasteiger partial charge in [0.05, 0.1) is 11.4 Å². The van der Waals surface area contributed by atoms with Gasteiger partial charge in [-0.3, -0.25) is 18.7 Å². The predicted octanol–water partition coefficient (Wildman–Crippen LogP) is 6.19. The molecule has 37 heavy (non-hydrogen) atoms. The molecule has 2 aromatic heterocycles. The molecule has 9 heteroatoms. The highest BCUT2D eigenvalue weighted by molar-refractivity contribution is 7.99. The summed E-state index contributed by atoms with van der Waals surface area (Å²) in [6.45, 7) is 7.90. The molecule has 5 rings (SSSR count). The van der Waals surface area contributed by atoms with E-state index in [1.54, 1.807) is 4.57 Å². The maximum Gasteiger partial charge on any atom is 0.278 e. The van der Waals surface area contributed by atoms with Gasteiger partial charge in [-0.2, -0.15) is 0 Å². The minimum Gasteiger partial charge on any atom is -0.342 e. The van der Waals surface area contributed by atoms with E-state index in [2.05, 4.69) is 26.0 Å². The fourth-order valence-electron chi connectivity index (χ4n) is 4.64. The number of hydrogen-bond donors (Lipinski definition) is 0. The maximum absolute atomic E-state index is 13.9. The summed E-state index contributed by atoms with van der Waals surface area (Å²) < 4.78 is 4.59. The Morgan fingerprint density at radius 3 is 2.49 bits per heavy atom. The second-order valence-electron chi connectivity index (χ2n) is 9.55. The number of carbonyl (C=O) groups is 1. The van der Waals surface area contributed by atoms with E-state index in [0.717, 1.165) is 49.3 Å². The van der Waals surface area contributed by atoms with E-state index in [1.165, 1.54) is 28.7 Å². The molecule has 1 amide bonds. The van der Waals surface area contributed by atoms with Crippen LogP contribution < -0.4 is 5.56 Å². The number of aromatic nitrogens is 3. The Bertz CT molecular complexity index is 1560. The van der Waals surface area contributed by atoms with Crippen molar-refractivity contribution in [1.29, 1.82) is 0 Å². The van der Waals surface area contributed by atoms with Crippen molar-refractivity contribution >= 4 is 51.6 Å². The van der Waals surface area contributed by atoms with E-state index < -0.39 is 0 Å². The normalized spacial score (nSPS) is 14.4. The highest BCUT2D eigenvalue weighted by atomic mass is 32.2. The molecule has 0 N–H and O–H groups in total. The lowest BCUT2D eigenvalue weighted by Crippen LogP contribution is -2.39. The Balaban J connectivity index is 1.61. The lowest BCUT2D eigenvalue weighted by atomic mass is 9.99. The quantitative estimate of drug-likeness (QED) is 0.163. The fraction of sp³-hybridized carbons (Fsp3) is 0.357. The van der Waals surface area contributed by atoms with Crippen molar-refractivity contribution < 1.29 is 4.79 Å². The first-order valence-corrected chi connectivity index (χ1v) is 14.8. The number of para-hydroxylation sites is 1. The van der Waals surface area contributed by atoms with E-state index in [1.807, 2.05) is 52.8 Å². The number of fused-ring (bicyclic) bond motifs is 1. The number of hydrogen-bond acceptors (Lipinski definition) is 6. The summed E-state index contributed by atoms with van der Waals surface area (Å²) in [4.78, 5) is 33.9. The van der Waals surface area contributed by atoms with Crippen LogP contribution in [0.4, 0.5) is 0 Å². The molecule has 0 radical (unpaired) electrons. The Kier molecular flexibility index (Phi) is 7.65. The van der Waals surface area contributed by atoms with Crippen molar-refractivity contribution in [3.05, 3.63) is 74.0 Å². The summed E-state index contributed by atoms with van der Waals surface area (Å²) in [5, 5.41) is 0.497. The molecule has 1 saturated heterocycles. The second-order valence-corrected chi connectivity index (χ2v) is 12.1. The standard InChI is InChI=1S/C28H30N4O2S3/c1-4-20-9-11-21(12-10-20)31-25-24(37-28(31)35)26(34)32(22-8-6-5-7-19(22)3)27(29-25)36-17-23(33)30-15-13-18(2)14-16-30/h5-12,18H,4,13-17H2,1-3H3. The summed E-state index contributed by atoms with van der Waals surface area (Å²) in [5.74, 6) is 0.966. The average Bonchev–Trinajstić information content (AvgIpc) is 3.24. The summed E-state index contributed by atoms with van der Waals surface area (Å²) in [6, 6.07) is 15.9. The van der Waals surface area contributed by atoms with Crippen LogP contribution in [0, 0.1) is 16.8 Å². The monoisotopic (exact) mass is 550 g/mol. The minimum absolute atomic E-state index is 0.0832. The van der Waals surface area contributed by atoms with Crippen LogP contribution in [0.5, 0.6) is 0 Å². The molecule has 0 aliphatic carbocycles. The van der Waals surface area contributed by atoms with Crippen molar-refractivity contribution in [3.8, 4) is 11.4 Å². The van der Waals surface area contributed by atoms with Crippen molar-refractivity contribution in [3.63, 3.8) is 0 Å². The number of aryl methyl sites for hydroxylation is 2. The van der Waals surface area contributed by atoms with Gasteiger partial charge in [0, 0.05) is 18.8 Å². The van der Waals surface area contributed by atoms with Gasteiger partial charge >= 0.3 is 0 Å². The van der Waals surface area contributed by atoms with Crippen LogP contribution in [-0.2, 0) is 11.2 Å². The van der Waals surface area contributed by atoms with Gasteiger partial charge in [0.2, 0.25) is 5.91 Å². The SMILES string of the molecule is CCc1ccc(-n2c(=S)sc3c(=O)n(-c4ccccc4C)c(SCC(=O)N4CCC(C)CC4)nc32)cc1.